The molecule has 0 saturated carbocycles. The summed E-state index contributed by atoms with van der Waals surface area (Å²) in [5, 5.41) is 3.36. The molecule has 1 unspecified atom stereocenters. The third kappa shape index (κ3) is 3.82. The predicted molar refractivity (Wildman–Crippen MR) is 64.5 cm³/mol. The van der Waals surface area contributed by atoms with Crippen LogP contribution in [0.25, 0.3) is 0 Å². The number of aryl methyl sites for hydroxylation is 1. The van der Waals surface area contributed by atoms with Crippen LogP contribution in [0.3, 0.4) is 0 Å². The summed E-state index contributed by atoms with van der Waals surface area (Å²) < 4.78 is 5.61. The lowest BCUT2D eigenvalue weighted by molar-refractivity contribution is 0.00194. The van der Waals surface area contributed by atoms with Crippen molar-refractivity contribution >= 4 is 12.4 Å². The van der Waals surface area contributed by atoms with Crippen LogP contribution < -0.4 is 5.32 Å². The maximum atomic E-state index is 5.61. The number of benzene rings is 1. The van der Waals surface area contributed by atoms with Gasteiger partial charge in [-0.3, -0.25) is 5.32 Å². The molecule has 1 saturated heterocycles. The van der Waals surface area contributed by atoms with Crippen LogP contribution in [0, 0.1) is 6.92 Å². The lowest BCUT2D eigenvalue weighted by Crippen LogP contribution is -2.39. The second-order valence-electron chi connectivity index (χ2n) is 3.86. The van der Waals surface area contributed by atoms with Gasteiger partial charge in [-0.1, -0.05) is 29.8 Å². The molecule has 2 rings (SSSR count). The lowest BCUT2D eigenvalue weighted by Gasteiger charge is -2.24. The van der Waals surface area contributed by atoms with E-state index in [2.05, 4.69) is 36.5 Å². The number of ether oxygens (including phenoxy) is 1. The van der Waals surface area contributed by atoms with E-state index < -0.39 is 0 Å². The molecule has 0 aromatic heterocycles. The highest BCUT2D eigenvalue weighted by molar-refractivity contribution is 5.85. The minimum Gasteiger partial charge on any atom is -0.363 e. The first-order valence-corrected chi connectivity index (χ1v) is 5.25. The van der Waals surface area contributed by atoms with Gasteiger partial charge in [0.05, 0.1) is 0 Å². The van der Waals surface area contributed by atoms with E-state index in [1.807, 2.05) is 0 Å². The minimum atomic E-state index is 0. The molecule has 1 heterocycles. The summed E-state index contributed by atoms with van der Waals surface area (Å²) in [6.07, 6.45) is 2.32. The standard InChI is InChI=1S/C12H17NO.ClH/c1-10-4-2-5-11(8-10)9-12-13-6-3-7-14-12;/h2,4-5,8,12-13H,3,6-7,9H2,1H3;1H. The Kier molecular flexibility index (Phi) is 5.09. The Labute approximate surface area is 97.4 Å². The lowest BCUT2D eigenvalue weighted by atomic mass is 10.1. The van der Waals surface area contributed by atoms with Crippen molar-refractivity contribution in [2.75, 3.05) is 13.2 Å². The van der Waals surface area contributed by atoms with E-state index in [1.165, 1.54) is 11.1 Å². The van der Waals surface area contributed by atoms with E-state index in [-0.39, 0.29) is 18.6 Å². The zero-order valence-electron chi connectivity index (χ0n) is 9.03. The Hall–Kier alpha value is -0.570. The van der Waals surface area contributed by atoms with Crippen LogP contribution in [0.5, 0.6) is 0 Å². The second kappa shape index (κ2) is 6.11. The van der Waals surface area contributed by atoms with Gasteiger partial charge < -0.3 is 4.74 Å². The molecule has 0 amide bonds. The zero-order chi connectivity index (χ0) is 9.80. The number of hydrogen-bond donors (Lipinski definition) is 1. The van der Waals surface area contributed by atoms with E-state index >= 15 is 0 Å². The Balaban J connectivity index is 0.00000112. The molecule has 1 aromatic rings. The van der Waals surface area contributed by atoms with Gasteiger partial charge in [0.2, 0.25) is 0 Å². The maximum absolute atomic E-state index is 5.61. The van der Waals surface area contributed by atoms with E-state index in [0.29, 0.717) is 0 Å². The van der Waals surface area contributed by atoms with Crippen LogP contribution in [-0.4, -0.2) is 19.4 Å². The van der Waals surface area contributed by atoms with E-state index in [4.69, 9.17) is 4.74 Å². The Bertz CT molecular complexity index is 297. The summed E-state index contributed by atoms with van der Waals surface area (Å²) in [6, 6.07) is 8.61. The van der Waals surface area contributed by atoms with E-state index in [9.17, 15) is 0 Å². The molecule has 15 heavy (non-hydrogen) atoms. The van der Waals surface area contributed by atoms with Crippen LogP contribution in [-0.2, 0) is 11.2 Å². The van der Waals surface area contributed by atoms with Crippen LogP contribution >= 0.6 is 12.4 Å². The average Bonchev–Trinajstić information content (AvgIpc) is 2.19. The van der Waals surface area contributed by atoms with Crippen LogP contribution in [0.1, 0.15) is 17.5 Å². The quantitative estimate of drug-likeness (QED) is 0.837. The first-order valence-electron chi connectivity index (χ1n) is 5.25. The molecular weight excluding hydrogens is 210 g/mol. The summed E-state index contributed by atoms with van der Waals surface area (Å²) in [6.45, 7) is 4.10. The van der Waals surface area contributed by atoms with E-state index in [0.717, 1.165) is 26.0 Å². The molecule has 0 aliphatic carbocycles. The van der Waals surface area contributed by atoms with Gasteiger partial charge in [-0.05, 0) is 25.5 Å². The Morgan fingerprint density at radius 2 is 2.33 bits per heavy atom. The third-order valence-electron chi connectivity index (χ3n) is 2.52. The van der Waals surface area contributed by atoms with Crippen LogP contribution in [0.2, 0.25) is 0 Å². The van der Waals surface area contributed by atoms with Gasteiger partial charge in [0.25, 0.3) is 0 Å². The topological polar surface area (TPSA) is 21.3 Å². The van der Waals surface area contributed by atoms with Crippen molar-refractivity contribution < 1.29 is 4.74 Å². The van der Waals surface area contributed by atoms with Gasteiger partial charge in [0.15, 0.2) is 0 Å². The van der Waals surface area contributed by atoms with Crippen molar-refractivity contribution in [3.05, 3.63) is 35.4 Å². The smallest absolute Gasteiger partial charge is 0.112 e. The molecule has 1 aliphatic heterocycles. The van der Waals surface area contributed by atoms with Gasteiger partial charge in [0.1, 0.15) is 6.23 Å². The molecule has 1 N–H and O–H groups in total. The van der Waals surface area contributed by atoms with Crippen molar-refractivity contribution in [3.63, 3.8) is 0 Å². The molecule has 2 nitrogen and oxygen atoms in total. The third-order valence-corrected chi connectivity index (χ3v) is 2.52. The number of hydrogen-bond acceptors (Lipinski definition) is 2. The van der Waals surface area contributed by atoms with Gasteiger partial charge in [-0.2, -0.15) is 0 Å². The zero-order valence-corrected chi connectivity index (χ0v) is 9.85. The normalized spacial score (nSPS) is 20.7. The van der Waals surface area contributed by atoms with Crippen molar-refractivity contribution in [1.82, 2.24) is 5.32 Å². The Morgan fingerprint density at radius 1 is 1.47 bits per heavy atom. The summed E-state index contributed by atoms with van der Waals surface area (Å²) in [4.78, 5) is 0. The molecular formula is C12H18ClNO. The molecule has 0 radical (unpaired) electrons. The summed E-state index contributed by atoms with van der Waals surface area (Å²) in [5.74, 6) is 0. The Morgan fingerprint density at radius 3 is 3.00 bits per heavy atom. The highest BCUT2D eigenvalue weighted by atomic mass is 35.5. The van der Waals surface area contributed by atoms with Crippen molar-refractivity contribution in [3.8, 4) is 0 Å². The summed E-state index contributed by atoms with van der Waals surface area (Å²) >= 11 is 0. The van der Waals surface area contributed by atoms with Crippen LogP contribution in [0.4, 0.5) is 0 Å². The molecule has 0 bridgehead atoms. The number of rotatable bonds is 2. The SMILES string of the molecule is Cc1cccc(CC2NCCCO2)c1.Cl. The largest absolute Gasteiger partial charge is 0.363 e. The highest BCUT2D eigenvalue weighted by Crippen LogP contribution is 2.09. The fourth-order valence-electron chi connectivity index (χ4n) is 1.80. The fraction of sp³-hybridized carbons (Fsp3) is 0.500. The predicted octanol–water partition coefficient (Wildman–Crippen LogP) is 2.30. The van der Waals surface area contributed by atoms with Crippen molar-refractivity contribution in [2.24, 2.45) is 0 Å². The van der Waals surface area contributed by atoms with Gasteiger partial charge in [-0.25, -0.2) is 0 Å². The second-order valence-corrected chi connectivity index (χ2v) is 3.86. The minimum absolute atomic E-state index is 0. The molecule has 0 spiro atoms. The number of nitrogens with one attached hydrogen (secondary N) is 1. The molecule has 1 atom stereocenters. The van der Waals surface area contributed by atoms with Crippen LogP contribution in [0.15, 0.2) is 24.3 Å². The maximum Gasteiger partial charge on any atom is 0.112 e. The van der Waals surface area contributed by atoms with Gasteiger partial charge >= 0.3 is 0 Å². The molecule has 3 heteroatoms. The first-order chi connectivity index (χ1) is 6.84. The van der Waals surface area contributed by atoms with E-state index in [1.54, 1.807) is 0 Å². The summed E-state index contributed by atoms with van der Waals surface area (Å²) in [7, 11) is 0. The van der Waals surface area contributed by atoms with Crippen molar-refractivity contribution in [2.45, 2.75) is 26.0 Å². The molecule has 1 aliphatic rings. The monoisotopic (exact) mass is 227 g/mol. The van der Waals surface area contributed by atoms with Gasteiger partial charge in [0, 0.05) is 13.0 Å². The summed E-state index contributed by atoms with van der Waals surface area (Å²) in [5.41, 5.74) is 2.67. The first kappa shape index (κ1) is 12.5. The molecule has 84 valence electrons. The van der Waals surface area contributed by atoms with Crippen molar-refractivity contribution in [1.29, 1.82) is 0 Å². The number of halogens is 1. The fourth-order valence-corrected chi connectivity index (χ4v) is 1.80. The molecule has 1 fully saturated rings. The average molecular weight is 228 g/mol. The highest BCUT2D eigenvalue weighted by Gasteiger charge is 2.12. The molecule has 1 aromatic carbocycles. The van der Waals surface area contributed by atoms with Gasteiger partial charge in [-0.15, -0.1) is 12.4 Å².